The average molecular weight is 390 g/mol. The van der Waals surface area contributed by atoms with Crippen LogP contribution in [0.25, 0.3) is 10.2 Å². The Balaban J connectivity index is 2.11. The van der Waals surface area contributed by atoms with Gasteiger partial charge in [0.1, 0.15) is 5.75 Å². The van der Waals surface area contributed by atoms with Crippen LogP contribution in [0.3, 0.4) is 0 Å². The average Bonchev–Trinajstić information content (AvgIpc) is 2.97. The monoisotopic (exact) mass is 390 g/mol. The Kier molecular flexibility index (Phi) is 5.06. The summed E-state index contributed by atoms with van der Waals surface area (Å²) in [5.41, 5.74) is -0.289. The summed E-state index contributed by atoms with van der Waals surface area (Å²) in [7, 11) is 1.53. The van der Waals surface area contributed by atoms with Crippen LogP contribution in [0.5, 0.6) is 5.75 Å². The van der Waals surface area contributed by atoms with Crippen LogP contribution in [-0.4, -0.2) is 17.6 Å². The van der Waals surface area contributed by atoms with E-state index in [-0.39, 0.29) is 12.1 Å². The number of carbonyl (C=O) groups is 1. The van der Waals surface area contributed by atoms with Crippen LogP contribution in [0.1, 0.15) is 15.9 Å². The number of aromatic nitrogens is 1. The van der Waals surface area contributed by atoms with Crippen molar-refractivity contribution in [3.63, 3.8) is 0 Å². The Labute approximate surface area is 156 Å². The summed E-state index contributed by atoms with van der Waals surface area (Å²) in [5, 5.41) is 0. The van der Waals surface area contributed by atoms with Crippen LogP contribution in [-0.2, 0) is 12.7 Å². The van der Waals surface area contributed by atoms with E-state index in [4.69, 9.17) is 11.2 Å². The number of amides is 1. The number of terminal acetylenes is 1. The molecule has 1 aromatic heterocycles. The van der Waals surface area contributed by atoms with Gasteiger partial charge in [-0.05, 0) is 36.4 Å². The molecule has 0 spiro atoms. The molecule has 0 saturated heterocycles. The van der Waals surface area contributed by atoms with Crippen LogP contribution in [0.2, 0.25) is 0 Å². The molecular weight excluding hydrogens is 377 g/mol. The van der Waals surface area contributed by atoms with Crippen molar-refractivity contribution >= 4 is 27.5 Å². The normalized spacial score (nSPS) is 12.2. The largest absolute Gasteiger partial charge is 0.497 e. The number of fused-ring (bicyclic) bond motifs is 1. The maximum Gasteiger partial charge on any atom is 0.416 e. The molecule has 0 saturated carbocycles. The summed E-state index contributed by atoms with van der Waals surface area (Å²) in [6.45, 7) is 0.168. The predicted octanol–water partition coefficient (Wildman–Crippen LogP) is 4.10. The van der Waals surface area contributed by atoms with Gasteiger partial charge in [-0.1, -0.05) is 23.3 Å². The molecule has 0 aliphatic carbocycles. The number of nitrogens with zero attached hydrogens (tertiary/aromatic N) is 2. The number of ether oxygens (including phenoxy) is 1. The topological polar surface area (TPSA) is 43.6 Å². The second-order valence-electron chi connectivity index (χ2n) is 5.50. The van der Waals surface area contributed by atoms with Gasteiger partial charge in [-0.3, -0.25) is 4.79 Å². The molecule has 0 aliphatic rings. The van der Waals surface area contributed by atoms with Gasteiger partial charge in [0, 0.05) is 5.56 Å². The maximum atomic E-state index is 12.9. The van der Waals surface area contributed by atoms with E-state index in [1.165, 1.54) is 30.6 Å². The highest BCUT2D eigenvalue weighted by molar-refractivity contribution is 7.16. The molecule has 8 heteroatoms. The molecule has 0 bridgehead atoms. The van der Waals surface area contributed by atoms with E-state index in [1.807, 2.05) is 0 Å². The lowest BCUT2D eigenvalue weighted by molar-refractivity contribution is -0.137. The van der Waals surface area contributed by atoms with Crippen molar-refractivity contribution in [3.05, 3.63) is 58.4 Å². The van der Waals surface area contributed by atoms with Gasteiger partial charge in [-0.2, -0.15) is 18.2 Å². The van der Waals surface area contributed by atoms with Crippen LogP contribution in [0.4, 0.5) is 13.2 Å². The first-order chi connectivity index (χ1) is 12.8. The number of halogens is 3. The van der Waals surface area contributed by atoms with Crippen molar-refractivity contribution < 1.29 is 22.7 Å². The first kappa shape index (κ1) is 18.7. The molecule has 3 aromatic rings. The van der Waals surface area contributed by atoms with Gasteiger partial charge >= 0.3 is 6.18 Å². The van der Waals surface area contributed by atoms with E-state index >= 15 is 0 Å². The fourth-order valence-corrected chi connectivity index (χ4v) is 3.55. The molecule has 0 radical (unpaired) electrons. The Morgan fingerprint density at radius 1 is 1.30 bits per heavy atom. The van der Waals surface area contributed by atoms with Crippen LogP contribution >= 0.6 is 11.3 Å². The summed E-state index contributed by atoms with van der Waals surface area (Å²) < 4.78 is 46.2. The van der Waals surface area contributed by atoms with Crippen molar-refractivity contribution in [3.8, 4) is 18.1 Å². The zero-order valence-corrected chi connectivity index (χ0v) is 14.9. The van der Waals surface area contributed by atoms with Gasteiger partial charge < -0.3 is 9.30 Å². The molecule has 0 aliphatic heterocycles. The number of carbonyl (C=O) groups excluding carboxylic acids is 1. The maximum absolute atomic E-state index is 12.9. The van der Waals surface area contributed by atoms with E-state index in [0.29, 0.717) is 10.6 Å². The second-order valence-corrected chi connectivity index (χ2v) is 6.51. The van der Waals surface area contributed by atoms with E-state index in [0.717, 1.165) is 22.3 Å². The van der Waals surface area contributed by atoms with Crippen molar-refractivity contribution in [2.75, 3.05) is 7.11 Å². The number of methoxy groups -OCH3 is 1. The first-order valence-electron chi connectivity index (χ1n) is 7.70. The molecule has 2 aromatic carbocycles. The molecule has 27 heavy (non-hydrogen) atoms. The fourth-order valence-electron chi connectivity index (χ4n) is 2.49. The Morgan fingerprint density at radius 3 is 2.74 bits per heavy atom. The van der Waals surface area contributed by atoms with E-state index in [9.17, 15) is 18.0 Å². The van der Waals surface area contributed by atoms with E-state index < -0.39 is 17.6 Å². The Bertz CT molecular complexity index is 1120. The number of benzene rings is 2. The summed E-state index contributed by atoms with van der Waals surface area (Å²) >= 11 is 1.20. The highest BCUT2D eigenvalue weighted by Gasteiger charge is 2.30. The third-order valence-electron chi connectivity index (χ3n) is 3.77. The molecule has 4 nitrogen and oxygen atoms in total. The second kappa shape index (κ2) is 7.29. The smallest absolute Gasteiger partial charge is 0.416 e. The van der Waals surface area contributed by atoms with E-state index in [1.54, 1.807) is 22.8 Å². The summed E-state index contributed by atoms with van der Waals surface area (Å²) in [6, 6.07) is 9.48. The zero-order chi connectivity index (χ0) is 19.6. The zero-order valence-electron chi connectivity index (χ0n) is 14.1. The molecule has 0 fully saturated rings. The van der Waals surface area contributed by atoms with Gasteiger partial charge in [0.15, 0.2) is 4.80 Å². The summed E-state index contributed by atoms with van der Waals surface area (Å²) in [6.07, 6.45) is 0.869. The highest BCUT2D eigenvalue weighted by atomic mass is 32.1. The third-order valence-corrected chi connectivity index (χ3v) is 4.81. The molecule has 3 rings (SSSR count). The number of rotatable bonds is 3. The summed E-state index contributed by atoms with van der Waals surface area (Å²) in [5.74, 6) is 2.35. The molecular formula is C19H13F3N2O2S. The van der Waals surface area contributed by atoms with Gasteiger partial charge in [-0.15, -0.1) is 6.42 Å². The SMILES string of the molecule is C#CCn1c(=NC(=O)c2cccc(C(F)(F)F)c2)sc2cc(OC)ccc21. The van der Waals surface area contributed by atoms with Crippen LogP contribution in [0.15, 0.2) is 47.5 Å². The minimum absolute atomic E-state index is 0.146. The van der Waals surface area contributed by atoms with Gasteiger partial charge in [0.25, 0.3) is 5.91 Å². The van der Waals surface area contributed by atoms with Gasteiger partial charge in [0.05, 0.1) is 29.4 Å². The quantitative estimate of drug-likeness (QED) is 0.632. The van der Waals surface area contributed by atoms with Crippen LogP contribution in [0, 0.1) is 12.3 Å². The van der Waals surface area contributed by atoms with Crippen molar-refractivity contribution in [2.45, 2.75) is 12.7 Å². The Morgan fingerprint density at radius 2 is 2.07 bits per heavy atom. The standard InChI is InChI=1S/C19H13F3N2O2S/c1-3-9-24-15-8-7-14(26-2)11-16(15)27-18(24)23-17(25)12-5-4-6-13(10-12)19(20,21)22/h1,4-8,10-11H,9H2,2H3. The minimum Gasteiger partial charge on any atom is -0.497 e. The van der Waals surface area contributed by atoms with Crippen LogP contribution < -0.4 is 9.54 Å². The van der Waals surface area contributed by atoms with Gasteiger partial charge in [-0.25, -0.2) is 0 Å². The lowest BCUT2D eigenvalue weighted by atomic mass is 10.1. The number of hydrogen-bond acceptors (Lipinski definition) is 3. The molecule has 0 N–H and O–H groups in total. The minimum atomic E-state index is -4.53. The Hall–Kier alpha value is -3.05. The number of alkyl halides is 3. The van der Waals surface area contributed by atoms with Crippen molar-refractivity contribution in [1.82, 2.24) is 4.57 Å². The van der Waals surface area contributed by atoms with Gasteiger partial charge in [0.2, 0.25) is 0 Å². The molecule has 1 heterocycles. The predicted molar refractivity (Wildman–Crippen MR) is 96.5 cm³/mol. The lowest BCUT2D eigenvalue weighted by Gasteiger charge is -2.06. The van der Waals surface area contributed by atoms with Crippen molar-refractivity contribution in [2.24, 2.45) is 4.99 Å². The molecule has 1 amide bonds. The lowest BCUT2D eigenvalue weighted by Crippen LogP contribution is -2.16. The summed E-state index contributed by atoms with van der Waals surface area (Å²) in [4.78, 5) is 16.7. The number of thiazole rings is 1. The number of hydrogen-bond donors (Lipinski definition) is 0. The van der Waals surface area contributed by atoms with Crippen molar-refractivity contribution in [1.29, 1.82) is 0 Å². The van der Waals surface area contributed by atoms with E-state index in [2.05, 4.69) is 10.9 Å². The fraction of sp³-hybridized carbons (Fsp3) is 0.158. The highest BCUT2D eigenvalue weighted by Crippen LogP contribution is 2.29. The molecule has 138 valence electrons. The molecule has 0 unspecified atom stereocenters. The molecule has 0 atom stereocenters. The first-order valence-corrected chi connectivity index (χ1v) is 8.52. The third kappa shape index (κ3) is 3.88.